The number of likely N-dealkylation sites (N-methyl/N-ethyl adjacent to an activating group) is 1. The molecule has 0 radical (unpaired) electrons. The molecule has 21 heavy (non-hydrogen) atoms. The second-order valence-electron chi connectivity index (χ2n) is 4.79. The van der Waals surface area contributed by atoms with E-state index in [1.807, 2.05) is 12.3 Å². The van der Waals surface area contributed by atoms with Gasteiger partial charge in [0.05, 0.1) is 12.0 Å². The molecule has 0 amide bonds. The number of anilines is 2. The molecule has 0 bridgehead atoms. The van der Waals surface area contributed by atoms with Crippen molar-refractivity contribution in [3.63, 3.8) is 0 Å². The summed E-state index contributed by atoms with van der Waals surface area (Å²) < 4.78 is 5.08. The van der Waals surface area contributed by atoms with Crippen LogP contribution < -0.4 is 10.6 Å². The fraction of sp³-hybridized carbons (Fsp3) is 0.571. The first-order valence-electron chi connectivity index (χ1n) is 7.15. The normalized spacial score (nSPS) is 11.2. The van der Waals surface area contributed by atoms with Crippen LogP contribution in [0.25, 0.3) is 10.2 Å². The standard InChI is InChI=1S/C14H23N5OS/c1-4-15-14-17-12(11-5-10-21-13(11)18-14)16-6-7-19(2)8-9-20-3/h5,10H,4,6-9H2,1-3H3,(H2,15,16,17,18). The number of hydrogen-bond donors (Lipinski definition) is 2. The highest BCUT2D eigenvalue weighted by atomic mass is 32.1. The Labute approximate surface area is 129 Å². The predicted octanol–water partition coefficient (Wildman–Crippen LogP) is 2.11. The highest BCUT2D eigenvalue weighted by Gasteiger charge is 2.08. The summed E-state index contributed by atoms with van der Waals surface area (Å²) in [4.78, 5) is 12.3. The molecule has 6 nitrogen and oxygen atoms in total. The van der Waals surface area contributed by atoms with Crippen molar-refractivity contribution in [3.8, 4) is 0 Å². The highest BCUT2D eigenvalue weighted by molar-refractivity contribution is 7.16. The SMILES string of the molecule is CCNc1nc(NCCN(C)CCOC)c2ccsc2n1. The second kappa shape index (κ2) is 8.11. The van der Waals surface area contributed by atoms with Crippen molar-refractivity contribution in [2.45, 2.75) is 6.92 Å². The Morgan fingerprint density at radius 1 is 1.29 bits per heavy atom. The zero-order valence-corrected chi connectivity index (χ0v) is 13.7. The molecule has 0 aromatic carbocycles. The molecule has 0 saturated carbocycles. The average Bonchev–Trinajstić information content (AvgIpc) is 2.94. The van der Waals surface area contributed by atoms with Gasteiger partial charge in [0.15, 0.2) is 0 Å². The fourth-order valence-corrected chi connectivity index (χ4v) is 2.72. The third-order valence-electron chi connectivity index (χ3n) is 3.12. The molecule has 0 aliphatic carbocycles. The lowest BCUT2D eigenvalue weighted by molar-refractivity contribution is 0.163. The van der Waals surface area contributed by atoms with Crippen LogP contribution in [0.15, 0.2) is 11.4 Å². The zero-order chi connectivity index (χ0) is 15.1. The predicted molar refractivity (Wildman–Crippen MR) is 89.4 cm³/mol. The fourth-order valence-electron chi connectivity index (χ4n) is 1.95. The summed E-state index contributed by atoms with van der Waals surface area (Å²) in [6, 6.07) is 2.06. The lowest BCUT2D eigenvalue weighted by Crippen LogP contribution is -2.28. The minimum Gasteiger partial charge on any atom is -0.383 e. The molecule has 0 saturated heterocycles. The van der Waals surface area contributed by atoms with E-state index in [4.69, 9.17) is 4.74 Å². The van der Waals surface area contributed by atoms with E-state index in [0.717, 1.165) is 48.8 Å². The Hall–Kier alpha value is -1.44. The summed E-state index contributed by atoms with van der Waals surface area (Å²) >= 11 is 1.63. The molecule has 0 fully saturated rings. The molecule has 2 rings (SSSR count). The van der Waals surface area contributed by atoms with E-state index >= 15 is 0 Å². The summed E-state index contributed by atoms with van der Waals surface area (Å²) in [5, 5.41) is 9.72. The van der Waals surface area contributed by atoms with E-state index in [1.165, 1.54) is 0 Å². The van der Waals surface area contributed by atoms with Crippen LogP contribution in [-0.2, 0) is 4.74 Å². The van der Waals surface area contributed by atoms with Gasteiger partial charge in [0.1, 0.15) is 10.6 Å². The van der Waals surface area contributed by atoms with Gasteiger partial charge < -0.3 is 20.3 Å². The molecule has 0 unspecified atom stereocenters. The molecule has 7 heteroatoms. The monoisotopic (exact) mass is 309 g/mol. The molecule has 2 aromatic heterocycles. The average molecular weight is 309 g/mol. The molecule has 0 atom stereocenters. The van der Waals surface area contributed by atoms with Gasteiger partial charge in [-0.2, -0.15) is 4.98 Å². The minimum atomic E-state index is 0.683. The molecule has 116 valence electrons. The van der Waals surface area contributed by atoms with Crippen LogP contribution in [0.5, 0.6) is 0 Å². The van der Waals surface area contributed by atoms with Crippen molar-refractivity contribution in [3.05, 3.63) is 11.4 Å². The molecular weight excluding hydrogens is 286 g/mol. The highest BCUT2D eigenvalue weighted by Crippen LogP contribution is 2.26. The number of thiophene rings is 1. The van der Waals surface area contributed by atoms with E-state index in [9.17, 15) is 0 Å². The number of fused-ring (bicyclic) bond motifs is 1. The topological polar surface area (TPSA) is 62.3 Å². The van der Waals surface area contributed by atoms with Gasteiger partial charge in [0, 0.05) is 33.3 Å². The number of methoxy groups -OCH3 is 1. The van der Waals surface area contributed by atoms with Crippen LogP contribution >= 0.6 is 11.3 Å². The maximum absolute atomic E-state index is 5.08. The van der Waals surface area contributed by atoms with Crippen molar-refractivity contribution in [1.82, 2.24) is 14.9 Å². The first kappa shape index (κ1) is 15.9. The zero-order valence-electron chi connectivity index (χ0n) is 12.8. The number of aromatic nitrogens is 2. The van der Waals surface area contributed by atoms with Crippen molar-refractivity contribution in [2.75, 3.05) is 57.6 Å². The quantitative estimate of drug-likeness (QED) is 0.740. The minimum absolute atomic E-state index is 0.683. The molecule has 0 aliphatic rings. The Bertz CT molecular complexity index is 559. The number of rotatable bonds is 9. The van der Waals surface area contributed by atoms with E-state index in [-0.39, 0.29) is 0 Å². The summed E-state index contributed by atoms with van der Waals surface area (Å²) in [5.74, 6) is 1.58. The molecule has 2 aromatic rings. The van der Waals surface area contributed by atoms with Crippen LogP contribution in [0.3, 0.4) is 0 Å². The van der Waals surface area contributed by atoms with Crippen LogP contribution in [-0.4, -0.2) is 61.8 Å². The van der Waals surface area contributed by atoms with Gasteiger partial charge in [0.25, 0.3) is 0 Å². The Balaban J connectivity index is 1.98. The summed E-state index contributed by atoms with van der Waals surface area (Å²) in [7, 11) is 3.81. The van der Waals surface area contributed by atoms with Crippen molar-refractivity contribution < 1.29 is 4.74 Å². The van der Waals surface area contributed by atoms with Gasteiger partial charge in [0.2, 0.25) is 5.95 Å². The van der Waals surface area contributed by atoms with Crippen molar-refractivity contribution in [2.24, 2.45) is 0 Å². The number of nitrogens with zero attached hydrogens (tertiary/aromatic N) is 3. The van der Waals surface area contributed by atoms with Gasteiger partial charge in [-0.25, -0.2) is 4.98 Å². The van der Waals surface area contributed by atoms with Gasteiger partial charge in [-0.1, -0.05) is 0 Å². The van der Waals surface area contributed by atoms with Crippen LogP contribution in [0.4, 0.5) is 11.8 Å². The Kier molecular flexibility index (Phi) is 6.16. The largest absolute Gasteiger partial charge is 0.383 e. The van der Waals surface area contributed by atoms with Crippen LogP contribution in [0.2, 0.25) is 0 Å². The molecule has 0 aliphatic heterocycles. The Morgan fingerprint density at radius 2 is 2.14 bits per heavy atom. The van der Waals surface area contributed by atoms with Gasteiger partial charge in [-0.15, -0.1) is 11.3 Å². The number of nitrogens with one attached hydrogen (secondary N) is 2. The molecule has 2 N–H and O–H groups in total. The van der Waals surface area contributed by atoms with Crippen molar-refractivity contribution >= 4 is 33.3 Å². The van der Waals surface area contributed by atoms with Gasteiger partial charge in [-0.05, 0) is 25.4 Å². The third kappa shape index (κ3) is 4.52. The van der Waals surface area contributed by atoms with E-state index in [1.54, 1.807) is 18.4 Å². The number of hydrogen-bond acceptors (Lipinski definition) is 7. The maximum Gasteiger partial charge on any atom is 0.226 e. The van der Waals surface area contributed by atoms with Crippen molar-refractivity contribution in [1.29, 1.82) is 0 Å². The van der Waals surface area contributed by atoms with Crippen LogP contribution in [0, 0.1) is 0 Å². The van der Waals surface area contributed by atoms with Crippen LogP contribution in [0.1, 0.15) is 6.92 Å². The maximum atomic E-state index is 5.08. The second-order valence-corrected chi connectivity index (χ2v) is 5.68. The number of ether oxygens (including phenoxy) is 1. The smallest absolute Gasteiger partial charge is 0.226 e. The van der Waals surface area contributed by atoms with E-state index in [0.29, 0.717) is 5.95 Å². The summed E-state index contributed by atoms with van der Waals surface area (Å²) in [6.45, 7) is 6.32. The first-order valence-corrected chi connectivity index (χ1v) is 8.03. The summed E-state index contributed by atoms with van der Waals surface area (Å²) in [5.41, 5.74) is 0. The molecule has 2 heterocycles. The summed E-state index contributed by atoms with van der Waals surface area (Å²) in [6.07, 6.45) is 0. The first-order chi connectivity index (χ1) is 10.2. The van der Waals surface area contributed by atoms with E-state index < -0.39 is 0 Å². The molecular formula is C14H23N5OS. The lowest BCUT2D eigenvalue weighted by atomic mass is 10.3. The van der Waals surface area contributed by atoms with Gasteiger partial charge >= 0.3 is 0 Å². The lowest BCUT2D eigenvalue weighted by Gasteiger charge is -2.16. The Morgan fingerprint density at radius 3 is 2.90 bits per heavy atom. The molecule has 0 spiro atoms. The van der Waals surface area contributed by atoms with E-state index in [2.05, 4.69) is 38.6 Å². The van der Waals surface area contributed by atoms with Gasteiger partial charge in [-0.3, -0.25) is 0 Å². The third-order valence-corrected chi connectivity index (χ3v) is 3.93.